The summed E-state index contributed by atoms with van der Waals surface area (Å²) in [5, 5.41) is 0. The lowest BCUT2D eigenvalue weighted by Gasteiger charge is -2.28. The lowest BCUT2D eigenvalue weighted by Crippen LogP contribution is -2.52. The molecule has 94 valence electrons. The summed E-state index contributed by atoms with van der Waals surface area (Å²) in [4.78, 5) is 16.3. The van der Waals surface area contributed by atoms with Crippen LogP contribution in [0.3, 0.4) is 0 Å². The van der Waals surface area contributed by atoms with Crippen molar-refractivity contribution in [3.63, 3.8) is 0 Å². The quantitative estimate of drug-likeness (QED) is 0.765. The average Bonchev–Trinajstić information content (AvgIpc) is 2.59. The Balaban J connectivity index is 2.69. The Bertz CT molecular complexity index is 263. The predicted octanol–water partition coefficient (Wildman–Crippen LogP) is 0.522. The fourth-order valence-corrected chi connectivity index (χ4v) is 2.30. The van der Waals surface area contributed by atoms with Crippen LogP contribution < -0.4 is 5.73 Å². The van der Waals surface area contributed by atoms with E-state index in [9.17, 15) is 4.79 Å². The maximum Gasteiger partial charge on any atom is 0.242 e. The van der Waals surface area contributed by atoms with Crippen LogP contribution in [0.25, 0.3) is 0 Å². The number of hydrogen-bond acceptors (Lipinski definition) is 3. The van der Waals surface area contributed by atoms with Crippen molar-refractivity contribution in [2.45, 2.75) is 38.8 Å². The molecule has 0 aromatic carbocycles. The average molecular weight is 227 g/mol. The first kappa shape index (κ1) is 13.5. The molecule has 1 saturated heterocycles. The van der Waals surface area contributed by atoms with Gasteiger partial charge in [0.25, 0.3) is 0 Å². The number of likely N-dealkylation sites (N-methyl/N-ethyl adjacent to an activating group) is 1. The van der Waals surface area contributed by atoms with Gasteiger partial charge in [-0.05, 0) is 33.4 Å². The normalized spacial score (nSPS) is 29.6. The second kappa shape index (κ2) is 4.72. The molecule has 4 nitrogen and oxygen atoms in total. The minimum atomic E-state index is -0.707. The number of likely N-dealkylation sites (tertiary alicyclic amines) is 1. The van der Waals surface area contributed by atoms with Gasteiger partial charge in [-0.25, -0.2) is 0 Å². The lowest BCUT2D eigenvalue weighted by atomic mass is 9.99. The van der Waals surface area contributed by atoms with Crippen LogP contribution in [0.5, 0.6) is 0 Å². The minimum Gasteiger partial charge on any atom is -0.339 e. The molecule has 1 rings (SSSR count). The third-order valence-corrected chi connectivity index (χ3v) is 3.75. The first-order valence-electron chi connectivity index (χ1n) is 6.04. The van der Waals surface area contributed by atoms with E-state index in [-0.39, 0.29) is 5.91 Å². The first-order valence-corrected chi connectivity index (χ1v) is 6.04. The van der Waals surface area contributed by atoms with Crippen LogP contribution in [0, 0.1) is 5.92 Å². The Hall–Kier alpha value is -0.610. The summed E-state index contributed by atoms with van der Waals surface area (Å²) in [6, 6.07) is 0.455. The van der Waals surface area contributed by atoms with Gasteiger partial charge in [-0.1, -0.05) is 13.8 Å². The van der Waals surface area contributed by atoms with Crippen molar-refractivity contribution in [1.29, 1.82) is 0 Å². The molecule has 0 radical (unpaired) electrons. The molecule has 0 aromatic rings. The van der Waals surface area contributed by atoms with Crippen LogP contribution in [0.4, 0.5) is 0 Å². The number of nitrogens with two attached hydrogens (primary N) is 1. The smallest absolute Gasteiger partial charge is 0.242 e. The monoisotopic (exact) mass is 227 g/mol. The Labute approximate surface area is 98.8 Å². The van der Waals surface area contributed by atoms with E-state index in [0.29, 0.717) is 18.4 Å². The summed E-state index contributed by atoms with van der Waals surface area (Å²) >= 11 is 0. The second-order valence-electron chi connectivity index (χ2n) is 5.49. The van der Waals surface area contributed by atoms with Crippen molar-refractivity contribution in [2.75, 3.05) is 27.2 Å². The highest BCUT2D eigenvalue weighted by atomic mass is 16.2. The molecule has 0 aromatic heterocycles. The van der Waals surface area contributed by atoms with Crippen LogP contribution in [-0.4, -0.2) is 54.5 Å². The van der Waals surface area contributed by atoms with Gasteiger partial charge in [-0.3, -0.25) is 4.79 Å². The number of carbonyl (C=O) groups excluding carboxylic acids is 1. The number of rotatable bonds is 3. The third-order valence-electron chi connectivity index (χ3n) is 3.75. The van der Waals surface area contributed by atoms with Crippen LogP contribution in [0.1, 0.15) is 27.2 Å². The van der Waals surface area contributed by atoms with Gasteiger partial charge in [0, 0.05) is 19.1 Å². The van der Waals surface area contributed by atoms with Crippen LogP contribution in [0.2, 0.25) is 0 Å². The van der Waals surface area contributed by atoms with Crippen molar-refractivity contribution in [3.05, 3.63) is 0 Å². The van der Waals surface area contributed by atoms with Gasteiger partial charge in [0.05, 0.1) is 5.54 Å². The number of amides is 1. The van der Waals surface area contributed by atoms with Crippen molar-refractivity contribution >= 4 is 5.91 Å². The molecule has 0 bridgehead atoms. The largest absolute Gasteiger partial charge is 0.339 e. The topological polar surface area (TPSA) is 49.6 Å². The molecule has 1 aliphatic heterocycles. The van der Waals surface area contributed by atoms with E-state index in [1.165, 1.54) is 0 Å². The second-order valence-corrected chi connectivity index (χ2v) is 5.49. The summed E-state index contributed by atoms with van der Waals surface area (Å²) in [5.41, 5.74) is 5.29. The molecule has 2 N–H and O–H groups in total. The molecule has 0 spiro atoms. The van der Waals surface area contributed by atoms with E-state index in [4.69, 9.17) is 5.73 Å². The van der Waals surface area contributed by atoms with Crippen LogP contribution in [-0.2, 0) is 4.79 Å². The van der Waals surface area contributed by atoms with Crippen molar-refractivity contribution in [1.82, 2.24) is 9.80 Å². The molecular formula is C12H25N3O. The van der Waals surface area contributed by atoms with Gasteiger partial charge in [0.15, 0.2) is 0 Å². The Morgan fingerprint density at radius 2 is 2.06 bits per heavy atom. The van der Waals surface area contributed by atoms with Gasteiger partial charge in [-0.15, -0.1) is 0 Å². The Morgan fingerprint density at radius 1 is 1.50 bits per heavy atom. The summed E-state index contributed by atoms with van der Waals surface area (Å²) < 4.78 is 0. The van der Waals surface area contributed by atoms with E-state index < -0.39 is 5.54 Å². The Morgan fingerprint density at radius 3 is 2.44 bits per heavy atom. The highest BCUT2D eigenvalue weighted by molar-refractivity contribution is 5.85. The van der Waals surface area contributed by atoms with Crippen molar-refractivity contribution in [3.8, 4) is 0 Å². The zero-order chi connectivity index (χ0) is 12.5. The van der Waals surface area contributed by atoms with Gasteiger partial charge >= 0.3 is 0 Å². The molecule has 16 heavy (non-hydrogen) atoms. The van der Waals surface area contributed by atoms with E-state index >= 15 is 0 Å². The van der Waals surface area contributed by atoms with Crippen LogP contribution in [0.15, 0.2) is 0 Å². The molecule has 1 heterocycles. The molecule has 0 saturated carbocycles. The zero-order valence-corrected chi connectivity index (χ0v) is 11.2. The van der Waals surface area contributed by atoms with Crippen molar-refractivity contribution in [2.24, 2.45) is 11.7 Å². The highest BCUT2D eigenvalue weighted by Gasteiger charge is 2.38. The zero-order valence-electron chi connectivity index (χ0n) is 11.2. The maximum absolute atomic E-state index is 12.2. The van der Waals surface area contributed by atoms with Gasteiger partial charge in [0.2, 0.25) is 5.91 Å². The molecule has 1 amide bonds. The fourth-order valence-electron chi connectivity index (χ4n) is 2.30. The summed E-state index contributed by atoms with van der Waals surface area (Å²) in [5.74, 6) is 0.609. The molecular weight excluding hydrogens is 202 g/mol. The highest BCUT2D eigenvalue weighted by Crippen LogP contribution is 2.22. The first-order chi connectivity index (χ1) is 7.29. The van der Waals surface area contributed by atoms with E-state index in [0.717, 1.165) is 13.1 Å². The standard InChI is InChI=1S/C12H25N3O/c1-6-12(3,13)11(16)15-7-9(2)10(8-15)14(4)5/h9-10H,6-8,13H2,1-5H3. The maximum atomic E-state index is 12.2. The molecule has 3 unspecified atom stereocenters. The van der Waals surface area contributed by atoms with Crippen LogP contribution >= 0.6 is 0 Å². The Kier molecular flexibility index (Phi) is 3.97. The summed E-state index contributed by atoms with van der Waals surface area (Å²) in [6.45, 7) is 7.61. The minimum absolute atomic E-state index is 0.0891. The van der Waals surface area contributed by atoms with Gasteiger partial charge in [-0.2, -0.15) is 0 Å². The summed E-state index contributed by atoms with van der Waals surface area (Å²) in [7, 11) is 4.13. The predicted molar refractivity (Wildman–Crippen MR) is 66.1 cm³/mol. The SMILES string of the molecule is CCC(C)(N)C(=O)N1CC(C)C(N(C)C)C1. The molecule has 0 aliphatic carbocycles. The molecule has 1 fully saturated rings. The summed E-state index contributed by atoms with van der Waals surface area (Å²) in [6.07, 6.45) is 0.684. The molecule has 3 atom stereocenters. The van der Waals surface area contributed by atoms with E-state index in [1.807, 2.05) is 18.7 Å². The van der Waals surface area contributed by atoms with Gasteiger partial charge < -0.3 is 15.5 Å². The number of carbonyl (C=O) groups is 1. The molecule has 4 heteroatoms. The fraction of sp³-hybridized carbons (Fsp3) is 0.917. The number of nitrogens with zero attached hydrogens (tertiary/aromatic N) is 2. The third kappa shape index (κ3) is 2.55. The lowest BCUT2D eigenvalue weighted by molar-refractivity contribution is -0.135. The number of hydrogen-bond donors (Lipinski definition) is 1. The molecule has 1 aliphatic rings. The van der Waals surface area contributed by atoms with E-state index in [2.05, 4.69) is 25.9 Å². The van der Waals surface area contributed by atoms with Gasteiger partial charge in [0.1, 0.15) is 0 Å². The van der Waals surface area contributed by atoms with Crippen molar-refractivity contribution < 1.29 is 4.79 Å². The van der Waals surface area contributed by atoms with E-state index in [1.54, 1.807) is 0 Å².